The van der Waals surface area contributed by atoms with Crippen LogP contribution in [0.1, 0.15) is 52.9 Å². The van der Waals surface area contributed by atoms with E-state index < -0.39 is 11.5 Å². The molecular formula is C16H29NO3S. The van der Waals surface area contributed by atoms with Crippen molar-refractivity contribution in [2.75, 3.05) is 12.0 Å². The number of carboxylic acids is 1. The second-order valence-corrected chi connectivity index (χ2v) is 6.53. The van der Waals surface area contributed by atoms with Crippen molar-refractivity contribution in [1.82, 2.24) is 5.32 Å². The Kier molecular flexibility index (Phi) is 10.2. The van der Waals surface area contributed by atoms with Crippen molar-refractivity contribution >= 4 is 23.6 Å². The summed E-state index contributed by atoms with van der Waals surface area (Å²) in [7, 11) is 0. The average Bonchev–Trinajstić information content (AvgIpc) is 2.42. The molecule has 0 saturated heterocycles. The second-order valence-electron chi connectivity index (χ2n) is 5.54. The van der Waals surface area contributed by atoms with Gasteiger partial charge in [-0.25, -0.2) is 4.79 Å². The van der Waals surface area contributed by atoms with E-state index in [9.17, 15) is 14.7 Å². The maximum absolute atomic E-state index is 12.0. The third-order valence-corrected chi connectivity index (χ3v) is 4.24. The van der Waals surface area contributed by atoms with E-state index in [0.29, 0.717) is 12.2 Å². The minimum absolute atomic E-state index is 0.157. The highest BCUT2D eigenvalue weighted by atomic mass is 32.2. The van der Waals surface area contributed by atoms with Crippen molar-refractivity contribution in [3.8, 4) is 0 Å². The molecule has 0 aromatic rings. The molecule has 1 atom stereocenters. The van der Waals surface area contributed by atoms with E-state index in [-0.39, 0.29) is 18.2 Å². The molecule has 0 heterocycles. The van der Waals surface area contributed by atoms with Gasteiger partial charge in [0, 0.05) is 6.42 Å². The molecule has 4 nitrogen and oxygen atoms in total. The zero-order valence-corrected chi connectivity index (χ0v) is 14.5. The molecule has 0 aliphatic carbocycles. The van der Waals surface area contributed by atoms with Gasteiger partial charge in [-0.05, 0) is 30.8 Å². The van der Waals surface area contributed by atoms with Gasteiger partial charge in [-0.1, -0.05) is 45.8 Å². The van der Waals surface area contributed by atoms with Gasteiger partial charge >= 0.3 is 5.97 Å². The number of allylic oxidation sites excluding steroid dienone is 1. The molecule has 5 heteroatoms. The van der Waals surface area contributed by atoms with Crippen LogP contribution in [0, 0.1) is 5.92 Å². The Morgan fingerprint density at radius 1 is 1.33 bits per heavy atom. The molecule has 0 spiro atoms. The number of aliphatic carboxylic acids is 1. The molecule has 0 saturated carbocycles. The average molecular weight is 315 g/mol. The summed E-state index contributed by atoms with van der Waals surface area (Å²) in [6.45, 7) is 5.80. The van der Waals surface area contributed by atoms with E-state index in [1.54, 1.807) is 11.8 Å². The Hall–Kier alpha value is -0.970. The summed E-state index contributed by atoms with van der Waals surface area (Å²) >= 11 is 1.59. The van der Waals surface area contributed by atoms with Crippen LogP contribution in [0.15, 0.2) is 12.2 Å². The lowest BCUT2D eigenvalue weighted by molar-refractivity contribution is -0.150. The first-order valence-corrected chi connectivity index (χ1v) is 8.98. The molecular weight excluding hydrogens is 286 g/mol. The first-order chi connectivity index (χ1) is 9.90. The van der Waals surface area contributed by atoms with E-state index in [0.717, 1.165) is 19.3 Å². The van der Waals surface area contributed by atoms with Crippen molar-refractivity contribution < 1.29 is 14.7 Å². The summed E-state index contributed by atoms with van der Waals surface area (Å²) in [6.07, 6.45) is 9.62. The lowest BCUT2D eigenvalue weighted by atomic mass is 9.83. The van der Waals surface area contributed by atoms with Gasteiger partial charge in [0.15, 0.2) is 0 Å². The summed E-state index contributed by atoms with van der Waals surface area (Å²) < 4.78 is 0. The number of amides is 1. The zero-order valence-electron chi connectivity index (χ0n) is 13.6. The van der Waals surface area contributed by atoms with Gasteiger partial charge in [0.05, 0.1) is 0 Å². The third-order valence-electron chi connectivity index (χ3n) is 3.62. The highest BCUT2D eigenvalue weighted by Gasteiger charge is 2.42. The summed E-state index contributed by atoms with van der Waals surface area (Å²) in [5.41, 5.74) is -1.17. The van der Waals surface area contributed by atoms with Crippen molar-refractivity contribution in [3.63, 3.8) is 0 Å². The maximum Gasteiger partial charge on any atom is 0.329 e. The van der Waals surface area contributed by atoms with Crippen LogP contribution in [0.3, 0.4) is 0 Å². The SMILES string of the molecule is CCCC/C=C/CC(=O)N[C@@](CCSC)(C(=O)O)C(C)C. The van der Waals surface area contributed by atoms with Crippen molar-refractivity contribution in [2.45, 2.75) is 58.4 Å². The van der Waals surface area contributed by atoms with Crippen LogP contribution >= 0.6 is 11.8 Å². The fraction of sp³-hybridized carbons (Fsp3) is 0.750. The van der Waals surface area contributed by atoms with Crippen LogP contribution in [0.5, 0.6) is 0 Å². The first kappa shape index (κ1) is 20.0. The molecule has 1 amide bonds. The minimum atomic E-state index is -1.17. The molecule has 0 fully saturated rings. The van der Waals surface area contributed by atoms with Crippen LogP contribution in [-0.4, -0.2) is 34.5 Å². The van der Waals surface area contributed by atoms with Gasteiger partial charge < -0.3 is 10.4 Å². The molecule has 2 N–H and O–H groups in total. The highest BCUT2D eigenvalue weighted by molar-refractivity contribution is 7.98. The Bertz CT molecular complexity index is 355. The quantitative estimate of drug-likeness (QED) is 0.452. The Labute approximate surface area is 132 Å². The Balaban J connectivity index is 4.68. The number of hydrogen-bond donors (Lipinski definition) is 2. The summed E-state index contributed by atoms with van der Waals surface area (Å²) in [4.78, 5) is 23.7. The standard InChI is InChI=1S/C16H29NO3S/c1-5-6-7-8-9-10-14(18)17-16(13(2)3,15(19)20)11-12-21-4/h8-9,13H,5-7,10-12H2,1-4H3,(H,17,18)(H,19,20)/b9-8+/t16-/m1/s1. The van der Waals surface area contributed by atoms with E-state index in [1.807, 2.05) is 32.3 Å². The topological polar surface area (TPSA) is 66.4 Å². The molecule has 0 aromatic heterocycles. The van der Waals surface area contributed by atoms with E-state index >= 15 is 0 Å². The van der Waals surface area contributed by atoms with Crippen LogP contribution in [0.2, 0.25) is 0 Å². The number of thioether (sulfide) groups is 1. The van der Waals surface area contributed by atoms with Crippen LogP contribution in [0.4, 0.5) is 0 Å². The van der Waals surface area contributed by atoms with Gasteiger partial charge in [0.1, 0.15) is 5.54 Å². The maximum atomic E-state index is 12.0. The van der Waals surface area contributed by atoms with E-state index in [1.165, 1.54) is 0 Å². The molecule has 0 aromatic carbocycles. The predicted molar refractivity (Wildman–Crippen MR) is 89.6 cm³/mol. The highest BCUT2D eigenvalue weighted by Crippen LogP contribution is 2.24. The minimum Gasteiger partial charge on any atom is -0.479 e. The molecule has 0 unspecified atom stereocenters. The monoisotopic (exact) mass is 315 g/mol. The van der Waals surface area contributed by atoms with Gasteiger partial charge in [-0.15, -0.1) is 0 Å². The Morgan fingerprint density at radius 3 is 2.48 bits per heavy atom. The molecule has 0 aliphatic heterocycles. The van der Waals surface area contributed by atoms with Crippen LogP contribution in [0.25, 0.3) is 0 Å². The number of carbonyl (C=O) groups is 2. The molecule has 0 rings (SSSR count). The normalized spacial score (nSPS) is 14.3. The summed E-state index contributed by atoms with van der Waals surface area (Å²) in [5, 5.41) is 12.3. The van der Waals surface area contributed by atoms with Gasteiger partial charge in [-0.2, -0.15) is 11.8 Å². The van der Waals surface area contributed by atoms with Crippen LogP contribution in [-0.2, 0) is 9.59 Å². The largest absolute Gasteiger partial charge is 0.479 e. The molecule has 0 aliphatic rings. The van der Waals surface area contributed by atoms with Gasteiger partial charge in [-0.3, -0.25) is 4.79 Å². The molecule has 0 radical (unpaired) electrons. The smallest absolute Gasteiger partial charge is 0.329 e. The number of hydrogen-bond acceptors (Lipinski definition) is 3. The fourth-order valence-corrected chi connectivity index (χ4v) is 2.62. The van der Waals surface area contributed by atoms with Gasteiger partial charge in [0.2, 0.25) is 5.91 Å². The van der Waals surface area contributed by atoms with Gasteiger partial charge in [0.25, 0.3) is 0 Å². The van der Waals surface area contributed by atoms with Crippen molar-refractivity contribution in [1.29, 1.82) is 0 Å². The fourth-order valence-electron chi connectivity index (χ4n) is 2.10. The number of rotatable bonds is 11. The molecule has 122 valence electrons. The summed E-state index contributed by atoms with van der Waals surface area (Å²) in [5.74, 6) is -0.623. The lowest BCUT2D eigenvalue weighted by Gasteiger charge is -2.34. The number of carboxylic acid groups (broad SMARTS) is 1. The summed E-state index contributed by atoms with van der Waals surface area (Å²) in [6, 6.07) is 0. The number of carbonyl (C=O) groups excluding carboxylic acids is 1. The van der Waals surface area contributed by atoms with Crippen molar-refractivity contribution in [3.05, 3.63) is 12.2 Å². The second kappa shape index (κ2) is 10.7. The van der Waals surface area contributed by atoms with Crippen molar-refractivity contribution in [2.24, 2.45) is 5.92 Å². The first-order valence-electron chi connectivity index (χ1n) is 7.59. The third kappa shape index (κ3) is 7.02. The zero-order chi connectivity index (χ0) is 16.3. The lowest BCUT2D eigenvalue weighted by Crippen LogP contribution is -2.58. The number of nitrogens with one attached hydrogen (secondary N) is 1. The van der Waals surface area contributed by atoms with E-state index in [4.69, 9.17) is 0 Å². The predicted octanol–water partition coefficient (Wildman–Crippen LogP) is 3.47. The van der Waals surface area contributed by atoms with E-state index in [2.05, 4.69) is 12.2 Å². The molecule has 21 heavy (non-hydrogen) atoms. The number of unbranched alkanes of at least 4 members (excludes halogenated alkanes) is 2. The Morgan fingerprint density at radius 2 is 2.00 bits per heavy atom. The van der Waals surface area contributed by atoms with Crippen LogP contribution < -0.4 is 5.32 Å². The molecule has 0 bridgehead atoms.